The monoisotopic (exact) mass is 248 g/mol. The number of hydrogen-bond acceptors (Lipinski definition) is 4. The summed E-state index contributed by atoms with van der Waals surface area (Å²) >= 11 is 0. The Bertz CT molecular complexity index is 596. The van der Waals surface area contributed by atoms with Gasteiger partial charge in [-0.25, -0.2) is 8.42 Å². The number of hydrogen-bond donors (Lipinski definition) is 0. The highest BCUT2D eigenvalue weighted by atomic mass is 32.2. The van der Waals surface area contributed by atoms with Crippen molar-refractivity contribution in [3.05, 3.63) is 28.8 Å². The fourth-order valence-electron chi connectivity index (χ4n) is 1.65. The normalized spacial score (nSPS) is 10.9. The topological polar surface area (TPSA) is 81.7 Å². The van der Waals surface area contributed by atoms with Crippen LogP contribution in [-0.4, -0.2) is 14.7 Å². The van der Waals surface area contributed by atoms with E-state index in [1.165, 1.54) is 12.1 Å². The maximum absolute atomic E-state index is 11.4. The fraction of sp³-hybridized carbons (Fsp3) is 0.333. The van der Waals surface area contributed by atoms with Gasteiger partial charge in [-0.15, -0.1) is 0 Å². The predicted octanol–water partition coefficient (Wildman–Crippen LogP) is 1.96. The first-order chi connectivity index (χ1) is 7.81. The molecule has 0 radical (unpaired) electrons. The minimum atomic E-state index is -3.41. The summed E-state index contributed by atoms with van der Waals surface area (Å²) in [7, 11) is -3.41. The zero-order valence-corrected chi connectivity index (χ0v) is 10.7. The molecular formula is C12H12N2O2S. The second kappa shape index (κ2) is 4.57. The summed E-state index contributed by atoms with van der Waals surface area (Å²) in [4.78, 5) is 0.00926. The van der Waals surface area contributed by atoms with Gasteiger partial charge in [0.2, 0.25) is 0 Å². The van der Waals surface area contributed by atoms with E-state index in [4.69, 9.17) is 10.5 Å². The minimum Gasteiger partial charge on any atom is -0.224 e. The van der Waals surface area contributed by atoms with E-state index in [1.54, 1.807) is 0 Å². The third-order valence-electron chi connectivity index (χ3n) is 2.40. The molecular weight excluding hydrogens is 236 g/mol. The SMILES string of the molecule is CC(C)c1c(C#N)cc(S(C)(=O)=O)cc1C#N. The van der Waals surface area contributed by atoms with Gasteiger partial charge in [0, 0.05) is 6.26 Å². The van der Waals surface area contributed by atoms with Crippen LogP contribution in [0.1, 0.15) is 36.5 Å². The third-order valence-corrected chi connectivity index (χ3v) is 3.49. The lowest BCUT2D eigenvalue weighted by molar-refractivity contribution is 0.601. The second-order valence-electron chi connectivity index (χ2n) is 4.08. The molecule has 4 nitrogen and oxygen atoms in total. The molecule has 1 aromatic carbocycles. The van der Waals surface area contributed by atoms with Crippen LogP contribution in [0.3, 0.4) is 0 Å². The predicted molar refractivity (Wildman–Crippen MR) is 63.1 cm³/mol. The zero-order chi connectivity index (χ0) is 13.2. The van der Waals surface area contributed by atoms with E-state index in [0.717, 1.165) is 6.26 Å². The van der Waals surface area contributed by atoms with Gasteiger partial charge >= 0.3 is 0 Å². The summed E-state index contributed by atoms with van der Waals surface area (Å²) in [5.41, 5.74) is 1.10. The standard InChI is InChI=1S/C12H12N2O2S/c1-8(2)12-9(6-13)4-11(17(3,15)16)5-10(12)7-14/h4-5,8H,1-3H3. The molecule has 0 heterocycles. The largest absolute Gasteiger partial charge is 0.224 e. The molecule has 17 heavy (non-hydrogen) atoms. The number of sulfone groups is 1. The van der Waals surface area contributed by atoms with Crippen molar-refractivity contribution in [3.8, 4) is 12.1 Å². The summed E-state index contributed by atoms with van der Waals surface area (Å²) in [6.45, 7) is 3.72. The summed E-state index contributed by atoms with van der Waals surface area (Å²) in [5, 5.41) is 18.0. The highest BCUT2D eigenvalue weighted by Gasteiger charge is 2.17. The molecule has 5 heteroatoms. The first-order valence-electron chi connectivity index (χ1n) is 4.99. The number of nitrogens with zero attached hydrogens (tertiary/aromatic N) is 2. The van der Waals surface area contributed by atoms with E-state index in [2.05, 4.69) is 0 Å². The molecule has 0 aliphatic rings. The minimum absolute atomic E-state index is 0.00656. The molecule has 0 fully saturated rings. The van der Waals surface area contributed by atoms with Crippen molar-refractivity contribution in [1.29, 1.82) is 10.5 Å². The first kappa shape index (κ1) is 13.2. The molecule has 0 aromatic heterocycles. The molecule has 0 atom stereocenters. The van der Waals surface area contributed by atoms with Gasteiger partial charge in [-0.1, -0.05) is 13.8 Å². The van der Waals surface area contributed by atoms with Gasteiger partial charge in [-0.05, 0) is 23.6 Å². The summed E-state index contributed by atoms with van der Waals surface area (Å²) in [6, 6.07) is 6.55. The van der Waals surface area contributed by atoms with Gasteiger partial charge in [0.05, 0.1) is 28.2 Å². The Morgan fingerprint density at radius 2 is 1.53 bits per heavy atom. The van der Waals surface area contributed by atoms with Gasteiger partial charge in [-0.2, -0.15) is 10.5 Å². The van der Waals surface area contributed by atoms with Crippen LogP contribution in [0.5, 0.6) is 0 Å². The van der Waals surface area contributed by atoms with Gasteiger partial charge in [0.25, 0.3) is 0 Å². The Kier molecular flexibility index (Phi) is 3.55. The quantitative estimate of drug-likeness (QED) is 0.801. The Morgan fingerprint density at radius 1 is 1.12 bits per heavy atom. The molecule has 0 N–H and O–H groups in total. The molecule has 0 aliphatic heterocycles. The average Bonchev–Trinajstić information content (AvgIpc) is 2.25. The third kappa shape index (κ3) is 2.64. The van der Waals surface area contributed by atoms with E-state index in [0.29, 0.717) is 5.56 Å². The van der Waals surface area contributed by atoms with Crippen LogP contribution in [0, 0.1) is 22.7 Å². The molecule has 88 valence electrons. The van der Waals surface area contributed by atoms with Crippen molar-refractivity contribution in [2.24, 2.45) is 0 Å². The highest BCUT2D eigenvalue weighted by Crippen LogP contribution is 2.26. The van der Waals surface area contributed by atoms with Gasteiger partial charge < -0.3 is 0 Å². The van der Waals surface area contributed by atoms with E-state index >= 15 is 0 Å². The van der Waals surface area contributed by atoms with Crippen molar-refractivity contribution in [3.63, 3.8) is 0 Å². The van der Waals surface area contributed by atoms with Crippen LogP contribution in [0.2, 0.25) is 0 Å². The lowest BCUT2D eigenvalue weighted by Crippen LogP contribution is -2.04. The lowest BCUT2D eigenvalue weighted by atomic mass is 9.93. The fourth-order valence-corrected chi connectivity index (χ4v) is 2.31. The Morgan fingerprint density at radius 3 is 1.76 bits per heavy atom. The smallest absolute Gasteiger partial charge is 0.175 e. The maximum Gasteiger partial charge on any atom is 0.175 e. The summed E-state index contributed by atoms with van der Waals surface area (Å²) < 4.78 is 22.9. The molecule has 0 amide bonds. The van der Waals surface area contributed by atoms with Gasteiger partial charge in [-0.3, -0.25) is 0 Å². The maximum atomic E-state index is 11.4. The Hall–Kier alpha value is -1.85. The van der Waals surface area contributed by atoms with Crippen molar-refractivity contribution < 1.29 is 8.42 Å². The van der Waals surface area contributed by atoms with Crippen molar-refractivity contribution in [2.45, 2.75) is 24.7 Å². The molecule has 1 rings (SSSR count). The molecule has 0 spiro atoms. The summed E-state index contributed by atoms with van der Waals surface area (Å²) in [5.74, 6) is -0.00656. The van der Waals surface area contributed by atoms with Crippen LogP contribution in [0.15, 0.2) is 17.0 Å². The first-order valence-corrected chi connectivity index (χ1v) is 6.88. The van der Waals surface area contributed by atoms with Gasteiger partial charge in [0.15, 0.2) is 9.84 Å². The van der Waals surface area contributed by atoms with Gasteiger partial charge in [0.1, 0.15) is 0 Å². The van der Waals surface area contributed by atoms with E-state index in [9.17, 15) is 8.42 Å². The molecule has 1 aromatic rings. The van der Waals surface area contributed by atoms with E-state index in [-0.39, 0.29) is 21.9 Å². The molecule has 0 saturated heterocycles. The zero-order valence-electron chi connectivity index (χ0n) is 9.85. The molecule has 0 unspecified atom stereocenters. The van der Waals surface area contributed by atoms with Crippen LogP contribution < -0.4 is 0 Å². The van der Waals surface area contributed by atoms with Crippen molar-refractivity contribution >= 4 is 9.84 Å². The van der Waals surface area contributed by atoms with Crippen LogP contribution in [-0.2, 0) is 9.84 Å². The lowest BCUT2D eigenvalue weighted by Gasteiger charge is -2.11. The number of rotatable bonds is 2. The Labute approximate surface area is 101 Å². The molecule has 0 saturated carbocycles. The number of nitriles is 2. The molecule has 0 aliphatic carbocycles. The average molecular weight is 248 g/mol. The molecule has 0 bridgehead atoms. The van der Waals surface area contributed by atoms with E-state index in [1.807, 2.05) is 26.0 Å². The van der Waals surface area contributed by atoms with Crippen molar-refractivity contribution in [1.82, 2.24) is 0 Å². The van der Waals surface area contributed by atoms with E-state index < -0.39 is 9.84 Å². The number of benzene rings is 1. The van der Waals surface area contributed by atoms with Crippen LogP contribution in [0.4, 0.5) is 0 Å². The second-order valence-corrected chi connectivity index (χ2v) is 6.10. The van der Waals surface area contributed by atoms with Crippen LogP contribution >= 0.6 is 0 Å². The Balaban J connectivity index is 3.71. The van der Waals surface area contributed by atoms with Crippen LogP contribution in [0.25, 0.3) is 0 Å². The van der Waals surface area contributed by atoms with Crippen molar-refractivity contribution in [2.75, 3.05) is 6.26 Å². The summed E-state index contributed by atoms with van der Waals surface area (Å²) in [6.07, 6.45) is 1.06. The highest BCUT2D eigenvalue weighted by molar-refractivity contribution is 7.90.